The second-order valence-electron chi connectivity index (χ2n) is 5.32. The highest BCUT2D eigenvalue weighted by atomic mass is 16.4. The van der Waals surface area contributed by atoms with E-state index in [1.54, 1.807) is 12.3 Å². The van der Waals surface area contributed by atoms with Crippen LogP contribution in [0.2, 0.25) is 0 Å². The molecule has 0 radical (unpaired) electrons. The maximum atomic E-state index is 11.6. The molecule has 8 nitrogen and oxygen atoms in total. The van der Waals surface area contributed by atoms with Gasteiger partial charge in [0.2, 0.25) is 5.91 Å². The maximum absolute atomic E-state index is 11.6. The molecule has 1 atom stereocenters. The molecule has 0 aromatic carbocycles. The zero-order valence-corrected chi connectivity index (χ0v) is 12.2. The Morgan fingerprint density at radius 2 is 2.14 bits per heavy atom. The number of anilines is 1. The fourth-order valence-corrected chi connectivity index (χ4v) is 2.53. The molecule has 0 saturated carbocycles. The van der Waals surface area contributed by atoms with Gasteiger partial charge >= 0.3 is 5.97 Å². The quantitative estimate of drug-likeness (QED) is 0.652. The van der Waals surface area contributed by atoms with Crippen molar-refractivity contribution in [2.75, 3.05) is 38.5 Å². The minimum atomic E-state index is -0.957. The summed E-state index contributed by atoms with van der Waals surface area (Å²) in [6, 6.07) is 3.62. The van der Waals surface area contributed by atoms with Crippen LogP contribution < -0.4 is 5.73 Å². The van der Waals surface area contributed by atoms with E-state index in [1.807, 2.05) is 11.0 Å². The normalized spacial score (nSPS) is 19.7. The number of rotatable bonds is 4. The smallest absolute Gasteiger partial charge is 0.309 e. The summed E-state index contributed by atoms with van der Waals surface area (Å²) in [6.45, 7) is 1.19. The van der Waals surface area contributed by atoms with Crippen LogP contribution in [0.4, 0.5) is 5.82 Å². The molecule has 2 rings (SSSR count). The lowest BCUT2D eigenvalue weighted by Crippen LogP contribution is -2.39. The van der Waals surface area contributed by atoms with E-state index < -0.39 is 24.4 Å². The van der Waals surface area contributed by atoms with Crippen LogP contribution in [0, 0.1) is 5.92 Å². The first-order valence-electron chi connectivity index (χ1n) is 7.04. The Morgan fingerprint density at radius 1 is 1.36 bits per heavy atom. The van der Waals surface area contributed by atoms with Gasteiger partial charge in [-0.1, -0.05) is 6.07 Å². The van der Waals surface area contributed by atoms with Crippen LogP contribution in [0.15, 0.2) is 18.3 Å². The number of nitrogen functional groups attached to an aromatic ring is 1. The van der Waals surface area contributed by atoms with E-state index in [4.69, 9.17) is 10.8 Å². The number of carbonyl (C=O) groups excluding carboxylic acids is 1. The molecule has 1 aromatic heterocycles. The molecule has 8 heteroatoms. The van der Waals surface area contributed by atoms with Crippen molar-refractivity contribution in [2.45, 2.75) is 6.54 Å². The number of pyridine rings is 1. The number of aliphatic carboxylic acids is 1. The highest BCUT2D eigenvalue weighted by Crippen LogP contribution is 2.16. The van der Waals surface area contributed by atoms with Crippen molar-refractivity contribution >= 4 is 17.7 Å². The minimum absolute atomic E-state index is 0.105. The van der Waals surface area contributed by atoms with Gasteiger partial charge in [-0.15, -0.1) is 0 Å². The monoisotopic (exact) mass is 308 g/mol. The average molecular weight is 308 g/mol. The fraction of sp³-hybridized carbons (Fsp3) is 0.500. The Kier molecular flexibility index (Phi) is 5.29. The first-order valence-corrected chi connectivity index (χ1v) is 7.04. The Labute approximate surface area is 128 Å². The Hall–Kier alpha value is -2.19. The van der Waals surface area contributed by atoms with Gasteiger partial charge in [0.05, 0.1) is 5.92 Å². The van der Waals surface area contributed by atoms with Gasteiger partial charge in [-0.05, 0) is 6.07 Å². The SMILES string of the molecule is Nc1ncccc1CN1CCN(C(=O)CO)C[C@H](C(=O)O)C1. The predicted octanol–water partition coefficient (Wildman–Crippen LogP) is -0.999. The second kappa shape index (κ2) is 7.19. The predicted molar refractivity (Wildman–Crippen MR) is 78.7 cm³/mol. The van der Waals surface area contributed by atoms with Crippen LogP contribution in [-0.2, 0) is 16.1 Å². The van der Waals surface area contributed by atoms with Crippen molar-refractivity contribution in [2.24, 2.45) is 5.92 Å². The van der Waals surface area contributed by atoms with Crippen LogP contribution in [0.5, 0.6) is 0 Å². The molecule has 1 aromatic rings. The summed E-state index contributed by atoms with van der Waals surface area (Å²) >= 11 is 0. The summed E-state index contributed by atoms with van der Waals surface area (Å²) in [6.07, 6.45) is 1.60. The molecule has 1 aliphatic rings. The molecule has 0 aliphatic carbocycles. The van der Waals surface area contributed by atoms with Crippen molar-refractivity contribution in [3.63, 3.8) is 0 Å². The van der Waals surface area contributed by atoms with Crippen molar-refractivity contribution in [1.29, 1.82) is 0 Å². The first kappa shape index (κ1) is 16.2. The second-order valence-corrected chi connectivity index (χ2v) is 5.32. The van der Waals surface area contributed by atoms with Gasteiger partial charge in [-0.2, -0.15) is 0 Å². The van der Waals surface area contributed by atoms with Crippen LogP contribution in [0.25, 0.3) is 0 Å². The molecule has 1 fully saturated rings. The molecule has 0 unspecified atom stereocenters. The van der Waals surface area contributed by atoms with Crippen molar-refractivity contribution in [1.82, 2.24) is 14.8 Å². The topological polar surface area (TPSA) is 120 Å². The van der Waals surface area contributed by atoms with E-state index in [9.17, 15) is 14.7 Å². The zero-order chi connectivity index (χ0) is 16.1. The number of amides is 1. The number of hydrogen-bond donors (Lipinski definition) is 3. The van der Waals surface area contributed by atoms with Gasteiger partial charge < -0.3 is 20.8 Å². The fourth-order valence-electron chi connectivity index (χ4n) is 2.53. The van der Waals surface area contributed by atoms with Crippen molar-refractivity contribution < 1.29 is 19.8 Å². The van der Waals surface area contributed by atoms with Crippen LogP contribution in [0.1, 0.15) is 5.56 Å². The van der Waals surface area contributed by atoms with Crippen LogP contribution >= 0.6 is 0 Å². The van der Waals surface area contributed by atoms with E-state index in [0.29, 0.717) is 32.0 Å². The molecule has 120 valence electrons. The minimum Gasteiger partial charge on any atom is -0.481 e. The molecule has 1 amide bonds. The van der Waals surface area contributed by atoms with Gasteiger partial charge in [0, 0.05) is 44.5 Å². The third-order valence-corrected chi connectivity index (χ3v) is 3.76. The third kappa shape index (κ3) is 3.92. The van der Waals surface area contributed by atoms with E-state index in [2.05, 4.69) is 4.98 Å². The summed E-state index contributed by atoms with van der Waals surface area (Å²) in [5, 5.41) is 18.3. The molecule has 1 aliphatic heterocycles. The van der Waals surface area contributed by atoms with Gasteiger partial charge in [0.25, 0.3) is 0 Å². The summed E-state index contributed by atoms with van der Waals surface area (Å²) < 4.78 is 0. The third-order valence-electron chi connectivity index (χ3n) is 3.76. The Balaban J connectivity index is 2.11. The maximum Gasteiger partial charge on any atom is 0.309 e. The first-order chi connectivity index (χ1) is 10.5. The number of carboxylic acids is 1. The summed E-state index contributed by atoms with van der Waals surface area (Å²) in [4.78, 5) is 30.4. The van der Waals surface area contributed by atoms with Crippen molar-refractivity contribution in [3.05, 3.63) is 23.9 Å². The van der Waals surface area contributed by atoms with Gasteiger partial charge in [-0.25, -0.2) is 4.98 Å². The molecule has 2 heterocycles. The zero-order valence-electron chi connectivity index (χ0n) is 12.2. The van der Waals surface area contributed by atoms with E-state index in [-0.39, 0.29) is 6.54 Å². The molecule has 1 saturated heterocycles. The highest BCUT2D eigenvalue weighted by molar-refractivity contribution is 5.78. The molecule has 0 spiro atoms. The van der Waals surface area contributed by atoms with E-state index >= 15 is 0 Å². The van der Waals surface area contributed by atoms with E-state index in [0.717, 1.165) is 5.56 Å². The molecular weight excluding hydrogens is 288 g/mol. The summed E-state index contributed by atoms with van der Waals surface area (Å²) in [7, 11) is 0. The lowest BCUT2D eigenvalue weighted by atomic mass is 10.1. The lowest BCUT2D eigenvalue weighted by Gasteiger charge is -2.22. The Bertz CT molecular complexity index is 551. The largest absolute Gasteiger partial charge is 0.481 e. The Morgan fingerprint density at radius 3 is 2.77 bits per heavy atom. The van der Waals surface area contributed by atoms with E-state index in [1.165, 1.54) is 4.90 Å². The van der Waals surface area contributed by atoms with Crippen LogP contribution in [0.3, 0.4) is 0 Å². The standard InChI is InChI=1S/C14H20N4O4/c15-13-10(2-1-3-16-13)6-17-4-5-18(12(20)9-19)8-11(7-17)14(21)22/h1-3,11,19H,4-9H2,(H2,15,16)(H,21,22)/t11-/m1/s1. The van der Waals surface area contributed by atoms with Gasteiger partial charge in [-0.3, -0.25) is 14.5 Å². The number of aliphatic hydroxyl groups excluding tert-OH is 1. The number of carbonyl (C=O) groups is 2. The lowest BCUT2D eigenvalue weighted by molar-refractivity contribution is -0.144. The highest BCUT2D eigenvalue weighted by Gasteiger charge is 2.29. The van der Waals surface area contributed by atoms with Crippen LogP contribution in [-0.4, -0.2) is 69.7 Å². The number of nitrogens with zero attached hydrogens (tertiary/aromatic N) is 3. The number of hydrogen-bond acceptors (Lipinski definition) is 6. The number of aliphatic hydroxyl groups is 1. The molecule has 0 bridgehead atoms. The summed E-state index contributed by atoms with van der Waals surface area (Å²) in [5.41, 5.74) is 6.64. The average Bonchev–Trinajstić information content (AvgIpc) is 2.72. The molecular formula is C14H20N4O4. The number of carboxylic acid groups (broad SMARTS) is 1. The molecule has 22 heavy (non-hydrogen) atoms. The summed E-state index contributed by atoms with van der Waals surface area (Å²) in [5.74, 6) is -1.69. The van der Waals surface area contributed by atoms with Gasteiger partial charge in [0.15, 0.2) is 0 Å². The van der Waals surface area contributed by atoms with Crippen molar-refractivity contribution in [3.8, 4) is 0 Å². The number of aromatic nitrogens is 1. The van der Waals surface area contributed by atoms with Gasteiger partial charge in [0.1, 0.15) is 12.4 Å². The number of nitrogens with two attached hydrogens (primary N) is 1. The molecule has 4 N–H and O–H groups in total.